The molecular weight excluding hydrogens is 411 g/mol. The normalized spacial score (nSPS) is 16.3. The van der Waals surface area contributed by atoms with Gasteiger partial charge in [0.05, 0.1) is 19.0 Å². The van der Waals surface area contributed by atoms with Crippen molar-refractivity contribution >= 4 is 17.7 Å². The van der Waals surface area contributed by atoms with E-state index in [0.29, 0.717) is 17.5 Å². The molecule has 1 aliphatic rings. The average molecular weight is 439 g/mol. The van der Waals surface area contributed by atoms with Crippen LogP contribution in [0.25, 0.3) is 0 Å². The Bertz CT molecular complexity index is 824. The second kappa shape index (κ2) is 10.2. The predicted molar refractivity (Wildman–Crippen MR) is 110 cm³/mol. The number of hydrogen-bond donors (Lipinski definition) is 1. The molecule has 1 aromatic carbocycles. The van der Waals surface area contributed by atoms with E-state index < -0.39 is 6.10 Å². The first kappa shape index (κ1) is 22.5. The Balaban J connectivity index is 1.43. The first-order valence-electron chi connectivity index (χ1n) is 9.81. The molecule has 0 radical (unpaired) electrons. The first-order chi connectivity index (χ1) is 14.3. The third-order valence-corrected chi connectivity index (χ3v) is 5.63. The number of amides is 1. The van der Waals surface area contributed by atoms with E-state index in [9.17, 15) is 9.18 Å². The van der Waals surface area contributed by atoms with Crippen molar-refractivity contribution in [1.82, 2.24) is 20.4 Å². The fraction of sp³-hybridized carbons (Fsp3) is 0.550. The lowest BCUT2D eigenvalue weighted by Gasteiger charge is -2.40. The van der Waals surface area contributed by atoms with Gasteiger partial charge in [-0.05, 0) is 45.0 Å². The van der Waals surface area contributed by atoms with Gasteiger partial charge < -0.3 is 19.2 Å². The largest absolute Gasteiger partial charge is 0.481 e. The van der Waals surface area contributed by atoms with Gasteiger partial charge in [0, 0.05) is 25.2 Å². The van der Waals surface area contributed by atoms with Gasteiger partial charge in [-0.1, -0.05) is 11.8 Å². The Morgan fingerprint density at radius 3 is 2.70 bits per heavy atom. The lowest BCUT2D eigenvalue weighted by molar-refractivity contribution is -0.119. The summed E-state index contributed by atoms with van der Waals surface area (Å²) in [5.41, 5.74) is -0.144. The summed E-state index contributed by atoms with van der Waals surface area (Å²) >= 11 is 1.17. The number of morpholine rings is 1. The molecule has 0 spiro atoms. The molecule has 1 amide bonds. The summed E-state index contributed by atoms with van der Waals surface area (Å²) in [5.74, 6) is 0.526. The topological polar surface area (TPSA) is 89.7 Å². The van der Waals surface area contributed by atoms with E-state index in [2.05, 4.69) is 34.3 Å². The van der Waals surface area contributed by atoms with Gasteiger partial charge in [0.2, 0.25) is 5.91 Å². The summed E-state index contributed by atoms with van der Waals surface area (Å²) in [4.78, 5) is 14.6. The Kier molecular flexibility index (Phi) is 7.68. The Hall–Kier alpha value is -2.17. The number of carbonyl (C=O) groups is 1. The average Bonchev–Trinajstić information content (AvgIpc) is 3.22. The van der Waals surface area contributed by atoms with Gasteiger partial charge in [-0.3, -0.25) is 9.69 Å². The minimum Gasteiger partial charge on any atom is -0.481 e. The van der Waals surface area contributed by atoms with Crippen molar-refractivity contribution in [2.75, 3.05) is 38.6 Å². The van der Waals surface area contributed by atoms with E-state index in [1.54, 1.807) is 6.92 Å². The second-order valence-corrected chi connectivity index (χ2v) is 8.52. The Morgan fingerprint density at radius 1 is 1.30 bits per heavy atom. The van der Waals surface area contributed by atoms with E-state index in [0.717, 1.165) is 26.3 Å². The number of benzene rings is 1. The number of nitrogens with zero attached hydrogens (tertiary/aromatic N) is 3. The number of aromatic nitrogens is 2. The summed E-state index contributed by atoms with van der Waals surface area (Å²) in [6, 6.07) is 5.69. The van der Waals surface area contributed by atoms with Gasteiger partial charge >= 0.3 is 0 Å². The molecule has 164 valence electrons. The van der Waals surface area contributed by atoms with Gasteiger partial charge in [-0.25, -0.2) is 4.39 Å². The van der Waals surface area contributed by atoms with E-state index in [-0.39, 0.29) is 28.9 Å². The fourth-order valence-corrected chi connectivity index (χ4v) is 3.58. The molecule has 1 N–H and O–H groups in total. The molecule has 0 bridgehead atoms. The smallest absolute Gasteiger partial charge is 0.277 e. The number of ether oxygens (including phenoxy) is 2. The standard InChI is InChI=1S/C20H27FN4O4S/c1-14(28-16-6-4-15(21)5-7-16)18-23-24-19(29-18)30-12-17(26)22-13-20(2,3)25-8-10-27-11-9-25/h4-7,14H,8-13H2,1-3H3,(H,22,26). The lowest BCUT2D eigenvalue weighted by atomic mass is 10.0. The zero-order valence-electron chi connectivity index (χ0n) is 17.4. The molecule has 1 aliphatic heterocycles. The van der Waals surface area contributed by atoms with Crippen molar-refractivity contribution < 1.29 is 23.1 Å². The highest BCUT2D eigenvalue weighted by Crippen LogP contribution is 2.24. The van der Waals surface area contributed by atoms with Crippen LogP contribution >= 0.6 is 11.8 Å². The summed E-state index contributed by atoms with van der Waals surface area (Å²) in [5, 5.41) is 11.2. The molecule has 3 rings (SSSR count). The maximum atomic E-state index is 13.0. The minimum atomic E-state index is -0.500. The lowest BCUT2D eigenvalue weighted by Crippen LogP contribution is -2.55. The van der Waals surface area contributed by atoms with Gasteiger partial charge in [-0.15, -0.1) is 10.2 Å². The molecule has 1 aromatic heterocycles. The number of hydrogen-bond acceptors (Lipinski definition) is 8. The molecule has 0 aliphatic carbocycles. The zero-order chi connectivity index (χ0) is 21.6. The van der Waals surface area contributed by atoms with Crippen molar-refractivity contribution in [2.45, 2.75) is 37.6 Å². The molecule has 1 fully saturated rings. The van der Waals surface area contributed by atoms with Crippen LogP contribution in [0.4, 0.5) is 4.39 Å². The quantitative estimate of drug-likeness (QED) is 0.598. The van der Waals surface area contributed by atoms with Gasteiger partial charge in [0.15, 0.2) is 6.10 Å². The summed E-state index contributed by atoms with van der Waals surface area (Å²) in [7, 11) is 0. The highest BCUT2D eigenvalue weighted by Gasteiger charge is 2.28. The monoisotopic (exact) mass is 438 g/mol. The highest BCUT2D eigenvalue weighted by atomic mass is 32.2. The van der Waals surface area contributed by atoms with Crippen molar-refractivity contribution in [3.63, 3.8) is 0 Å². The number of thioether (sulfide) groups is 1. The maximum Gasteiger partial charge on any atom is 0.277 e. The van der Waals surface area contributed by atoms with Crippen LogP contribution < -0.4 is 10.1 Å². The fourth-order valence-electron chi connectivity index (χ4n) is 2.98. The van der Waals surface area contributed by atoms with Crippen molar-refractivity contribution in [2.24, 2.45) is 0 Å². The van der Waals surface area contributed by atoms with Gasteiger partial charge in [-0.2, -0.15) is 0 Å². The minimum absolute atomic E-state index is 0.100. The third-order valence-electron chi connectivity index (χ3n) is 4.81. The number of nitrogens with one attached hydrogen (secondary N) is 1. The summed E-state index contributed by atoms with van der Waals surface area (Å²) in [6.07, 6.45) is -0.500. The summed E-state index contributed by atoms with van der Waals surface area (Å²) in [6.45, 7) is 9.68. The molecule has 0 saturated carbocycles. The van der Waals surface area contributed by atoms with Crippen LogP contribution in [0.3, 0.4) is 0 Å². The summed E-state index contributed by atoms with van der Waals surface area (Å²) < 4.78 is 29.6. The number of carbonyl (C=O) groups excluding carboxylic acids is 1. The Morgan fingerprint density at radius 2 is 2.00 bits per heavy atom. The molecule has 2 aromatic rings. The van der Waals surface area contributed by atoms with E-state index in [1.807, 2.05) is 0 Å². The van der Waals surface area contributed by atoms with Crippen LogP contribution in [0.15, 0.2) is 33.9 Å². The van der Waals surface area contributed by atoms with Crippen molar-refractivity contribution in [3.05, 3.63) is 36.0 Å². The molecule has 8 nitrogen and oxygen atoms in total. The van der Waals surface area contributed by atoms with E-state index >= 15 is 0 Å². The molecular formula is C20H27FN4O4S. The maximum absolute atomic E-state index is 13.0. The number of halogens is 1. The molecule has 1 atom stereocenters. The number of rotatable bonds is 9. The molecule has 10 heteroatoms. The van der Waals surface area contributed by atoms with Crippen LogP contribution in [-0.4, -0.2) is 65.1 Å². The Labute approximate surface area is 179 Å². The van der Waals surface area contributed by atoms with E-state index in [1.165, 1.54) is 36.0 Å². The third kappa shape index (κ3) is 6.41. The van der Waals surface area contributed by atoms with Crippen LogP contribution in [0.1, 0.15) is 32.8 Å². The zero-order valence-corrected chi connectivity index (χ0v) is 18.2. The van der Waals surface area contributed by atoms with Crippen LogP contribution in [-0.2, 0) is 9.53 Å². The van der Waals surface area contributed by atoms with Gasteiger partial charge in [0.1, 0.15) is 11.6 Å². The highest BCUT2D eigenvalue weighted by molar-refractivity contribution is 7.99. The van der Waals surface area contributed by atoms with Gasteiger partial charge in [0.25, 0.3) is 11.1 Å². The molecule has 1 saturated heterocycles. The van der Waals surface area contributed by atoms with Crippen LogP contribution in [0, 0.1) is 5.82 Å². The van der Waals surface area contributed by atoms with E-state index in [4.69, 9.17) is 13.9 Å². The SMILES string of the molecule is CC(Oc1ccc(F)cc1)c1nnc(SCC(=O)NCC(C)(C)N2CCOCC2)o1. The van der Waals surface area contributed by atoms with Crippen molar-refractivity contribution in [3.8, 4) is 5.75 Å². The van der Waals surface area contributed by atoms with Crippen molar-refractivity contribution in [1.29, 1.82) is 0 Å². The molecule has 30 heavy (non-hydrogen) atoms. The molecule has 2 heterocycles. The predicted octanol–water partition coefficient (Wildman–Crippen LogP) is 2.67. The first-order valence-corrected chi connectivity index (χ1v) is 10.8. The molecule has 1 unspecified atom stereocenters. The second-order valence-electron chi connectivity index (χ2n) is 7.60. The van der Waals surface area contributed by atoms with Crippen LogP contribution in [0.2, 0.25) is 0 Å². The van der Waals surface area contributed by atoms with Crippen LogP contribution in [0.5, 0.6) is 5.75 Å².